The fraction of sp³-hybridized carbons (Fsp3) is 0.333. The number of aromatic nitrogens is 5. The number of nitrogens with zero attached hydrogens (tertiary/aromatic N) is 5. The number of hydrogen-bond acceptors (Lipinski definition) is 7. The van der Waals surface area contributed by atoms with E-state index in [1.807, 2.05) is 0 Å². The van der Waals surface area contributed by atoms with Gasteiger partial charge in [0.2, 0.25) is 11.9 Å². The highest BCUT2D eigenvalue weighted by Crippen LogP contribution is 2.31. The van der Waals surface area contributed by atoms with Crippen molar-refractivity contribution in [2.75, 3.05) is 30.3 Å². The number of aromatic amines is 1. The normalized spacial score (nSPS) is 16.3. The minimum absolute atomic E-state index is 0.00534. The molecule has 1 fully saturated rings. The molecule has 29 heavy (non-hydrogen) atoms. The van der Waals surface area contributed by atoms with Crippen LogP contribution in [-0.4, -0.2) is 66.4 Å². The van der Waals surface area contributed by atoms with Gasteiger partial charge in [-0.2, -0.15) is 15.1 Å². The molecule has 1 atom stereocenters. The Hall–Kier alpha value is -3.11. The van der Waals surface area contributed by atoms with E-state index in [1.165, 1.54) is 6.08 Å². The molecule has 0 saturated carbocycles. The topological polar surface area (TPSA) is 124 Å². The van der Waals surface area contributed by atoms with Gasteiger partial charge in [0, 0.05) is 31.5 Å². The molecule has 0 aromatic carbocycles. The minimum Gasteiger partial charge on any atom is -0.394 e. The summed E-state index contributed by atoms with van der Waals surface area (Å²) in [4.78, 5) is 25.7. The van der Waals surface area contributed by atoms with Crippen molar-refractivity contribution in [1.29, 1.82) is 0 Å². The third-order valence-corrected chi connectivity index (χ3v) is 5.02. The Morgan fingerprint density at radius 2 is 2.34 bits per heavy atom. The molecule has 1 aliphatic heterocycles. The molecule has 11 heteroatoms. The van der Waals surface area contributed by atoms with Crippen LogP contribution in [0.1, 0.15) is 6.42 Å². The van der Waals surface area contributed by atoms with Crippen LogP contribution in [0.3, 0.4) is 0 Å². The average Bonchev–Trinajstić information content (AvgIpc) is 3.43. The van der Waals surface area contributed by atoms with E-state index in [2.05, 4.69) is 37.3 Å². The van der Waals surface area contributed by atoms with Crippen LogP contribution in [0.5, 0.6) is 0 Å². The van der Waals surface area contributed by atoms with Crippen molar-refractivity contribution >= 4 is 46.0 Å². The zero-order valence-electron chi connectivity index (χ0n) is 15.6. The fourth-order valence-electron chi connectivity index (χ4n) is 3.34. The van der Waals surface area contributed by atoms with Crippen LogP contribution in [-0.2, 0) is 11.3 Å². The van der Waals surface area contributed by atoms with Gasteiger partial charge in [-0.3, -0.25) is 9.48 Å². The lowest BCUT2D eigenvalue weighted by Gasteiger charge is -2.17. The van der Waals surface area contributed by atoms with Crippen LogP contribution in [0.2, 0.25) is 5.02 Å². The third kappa shape index (κ3) is 4.03. The molecule has 0 spiro atoms. The first kappa shape index (κ1) is 19.2. The molecule has 1 saturated heterocycles. The Morgan fingerprint density at radius 1 is 1.48 bits per heavy atom. The van der Waals surface area contributed by atoms with Gasteiger partial charge < -0.3 is 25.6 Å². The molecule has 1 amide bonds. The largest absolute Gasteiger partial charge is 0.394 e. The maximum absolute atomic E-state index is 11.8. The van der Waals surface area contributed by atoms with Crippen LogP contribution in [0.25, 0.3) is 11.0 Å². The van der Waals surface area contributed by atoms with Crippen molar-refractivity contribution in [3.63, 3.8) is 0 Å². The Bertz CT molecular complexity index is 1050. The summed E-state index contributed by atoms with van der Waals surface area (Å²) in [7, 11) is 0. The first-order chi connectivity index (χ1) is 14.1. The van der Waals surface area contributed by atoms with Crippen molar-refractivity contribution in [3.8, 4) is 0 Å². The number of nitrogens with one attached hydrogen (secondary N) is 3. The fourth-order valence-corrected chi connectivity index (χ4v) is 3.57. The first-order valence-electron chi connectivity index (χ1n) is 9.20. The second kappa shape index (κ2) is 8.10. The van der Waals surface area contributed by atoms with E-state index in [0.717, 1.165) is 6.42 Å². The molecule has 0 bridgehead atoms. The SMILES string of the molecule is C=CC(=O)N1CCC(Nc2nc(Nc3cnn(CCO)c3)nc3[nH]cc(Cl)c23)C1. The Kier molecular flexibility index (Phi) is 5.36. The third-order valence-electron chi connectivity index (χ3n) is 4.72. The number of aliphatic hydroxyl groups is 1. The van der Waals surface area contributed by atoms with Gasteiger partial charge >= 0.3 is 0 Å². The summed E-state index contributed by atoms with van der Waals surface area (Å²) < 4.78 is 1.62. The summed E-state index contributed by atoms with van der Waals surface area (Å²) in [5.41, 5.74) is 1.29. The van der Waals surface area contributed by atoms with Gasteiger partial charge in [-0.15, -0.1) is 0 Å². The van der Waals surface area contributed by atoms with E-state index in [0.29, 0.717) is 53.1 Å². The van der Waals surface area contributed by atoms with Crippen LogP contribution < -0.4 is 10.6 Å². The number of H-pyrrole nitrogens is 1. The highest BCUT2D eigenvalue weighted by atomic mass is 35.5. The van der Waals surface area contributed by atoms with E-state index in [9.17, 15) is 4.79 Å². The maximum Gasteiger partial charge on any atom is 0.246 e. The molecule has 0 radical (unpaired) electrons. The van der Waals surface area contributed by atoms with Crippen molar-refractivity contribution < 1.29 is 9.90 Å². The van der Waals surface area contributed by atoms with Crippen molar-refractivity contribution in [2.45, 2.75) is 19.0 Å². The lowest BCUT2D eigenvalue weighted by Crippen LogP contribution is -2.30. The maximum atomic E-state index is 11.8. The zero-order chi connectivity index (χ0) is 20.4. The van der Waals surface area contributed by atoms with Crippen molar-refractivity contribution in [3.05, 3.63) is 36.3 Å². The van der Waals surface area contributed by atoms with E-state index in [-0.39, 0.29) is 18.6 Å². The first-order valence-corrected chi connectivity index (χ1v) is 9.58. The molecule has 3 aromatic heterocycles. The van der Waals surface area contributed by atoms with Crippen LogP contribution >= 0.6 is 11.6 Å². The van der Waals surface area contributed by atoms with Crippen LogP contribution in [0.15, 0.2) is 31.2 Å². The van der Waals surface area contributed by atoms with Crippen LogP contribution in [0.4, 0.5) is 17.5 Å². The number of anilines is 3. The molecule has 4 N–H and O–H groups in total. The molecular weight excluding hydrogens is 396 g/mol. The number of amides is 1. The molecular formula is C18H21ClN8O2. The van der Waals surface area contributed by atoms with E-state index in [4.69, 9.17) is 16.7 Å². The monoisotopic (exact) mass is 416 g/mol. The Labute approximate surface area is 171 Å². The quantitative estimate of drug-likeness (QED) is 0.432. The molecule has 152 valence electrons. The summed E-state index contributed by atoms with van der Waals surface area (Å²) in [5.74, 6) is 0.882. The number of aliphatic hydroxyl groups excluding tert-OH is 1. The average molecular weight is 417 g/mol. The van der Waals surface area contributed by atoms with Gasteiger partial charge in [-0.1, -0.05) is 18.2 Å². The molecule has 4 heterocycles. The molecule has 10 nitrogen and oxygen atoms in total. The standard InChI is InChI=1S/C18H21ClN8O2/c1-2-14(29)26-4-3-11(9-26)22-17-15-13(19)8-20-16(15)24-18(25-17)23-12-7-21-27(10-12)5-6-28/h2,7-8,10-11,28H,1,3-6,9H2,(H3,20,22,23,24,25). The minimum atomic E-state index is -0.0796. The Morgan fingerprint density at radius 3 is 3.14 bits per heavy atom. The molecule has 4 rings (SSSR count). The predicted octanol–water partition coefficient (Wildman–Crippen LogP) is 1.74. The number of likely N-dealkylation sites (tertiary alicyclic amines) is 1. The van der Waals surface area contributed by atoms with Gasteiger partial charge in [-0.25, -0.2) is 0 Å². The van der Waals surface area contributed by atoms with Gasteiger partial charge in [-0.05, 0) is 12.5 Å². The van der Waals surface area contributed by atoms with Gasteiger partial charge in [0.1, 0.15) is 11.5 Å². The number of carbonyl (C=O) groups excluding carboxylic acids is 1. The van der Waals surface area contributed by atoms with Crippen molar-refractivity contribution in [1.82, 2.24) is 29.6 Å². The highest BCUT2D eigenvalue weighted by molar-refractivity contribution is 6.36. The molecule has 0 aliphatic carbocycles. The van der Waals surface area contributed by atoms with E-state index in [1.54, 1.807) is 28.2 Å². The lowest BCUT2D eigenvalue weighted by molar-refractivity contribution is -0.125. The number of rotatable bonds is 7. The molecule has 1 aliphatic rings. The summed E-state index contributed by atoms with van der Waals surface area (Å²) in [6.45, 7) is 5.18. The summed E-state index contributed by atoms with van der Waals surface area (Å²) in [5, 5.41) is 20.9. The number of carbonyl (C=O) groups is 1. The number of hydrogen-bond donors (Lipinski definition) is 4. The smallest absolute Gasteiger partial charge is 0.246 e. The summed E-state index contributed by atoms with van der Waals surface area (Å²) in [6.07, 6.45) is 7.18. The summed E-state index contributed by atoms with van der Waals surface area (Å²) >= 11 is 6.33. The number of fused-ring (bicyclic) bond motifs is 1. The Balaban J connectivity index is 1.58. The highest BCUT2D eigenvalue weighted by Gasteiger charge is 2.26. The number of halogens is 1. The zero-order valence-corrected chi connectivity index (χ0v) is 16.4. The van der Waals surface area contributed by atoms with E-state index >= 15 is 0 Å². The second-order valence-electron chi connectivity index (χ2n) is 6.72. The van der Waals surface area contributed by atoms with Gasteiger partial charge in [0.05, 0.1) is 35.4 Å². The molecule has 1 unspecified atom stereocenters. The predicted molar refractivity (Wildman–Crippen MR) is 110 cm³/mol. The van der Waals surface area contributed by atoms with Crippen molar-refractivity contribution in [2.24, 2.45) is 0 Å². The van der Waals surface area contributed by atoms with Gasteiger partial charge in [0.15, 0.2) is 0 Å². The second-order valence-corrected chi connectivity index (χ2v) is 7.12. The lowest BCUT2D eigenvalue weighted by atomic mass is 10.2. The van der Waals surface area contributed by atoms with Gasteiger partial charge in [0.25, 0.3) is 0 Å². The van der Waals surface area contributed by atoms with Crippen LogP contribution in [0, 0.1) is 0 Å². The molecule has 3 aromatic rings. The summed E-state index contributed by atoms with van der Waals surface area (Å²) in [6, 6.07) is 0.0446. The van der Waals surface area contributed by atoms with E-state index < -0.39 is 0 Å².